The number of nitrogens with two attached hydrogens (primary N) is 1. The molecule has 2 N–H and O–H groups in total. The van der Waals surface area contributed by atoms with E-state index in [-0.39, 0.29) is 5.54 Å². The summed E-state index contributed by atoms with van der Waals surface area (Å²) in [5.74, 6) is 0.775. The first kappa shape index (κ1) is 9.22. The summed E-state index contributed by atoms with van der Waals surface area (Å²) in [4.78, 5) is 0. The predicted octanol–water partition coefficient (Wildman–Crippen LogP) is 3.03. The highest BCUT2D eigenvalue weighted by molar-refractivity contribution is 9.10. The Morgan fingerprint density at radius 1 is 1.38 bits per heavy atom. The molecule has 1 aromatic rings. The van der Waals surface area contributed by atoms with Gasteiger partial charge in [0.1, 0.15) is 0 Å². The van der Waals surface area contributed by atoms with Crippen LogP contribution in [0.5, 0.6) is 0 Å². The third-order valence-electron chi connectivity index (χ3n) is 2.84. The number of hydrogen-bond donors (Lipinski definition) is 1. The van der Waals surface area contributed by atoms with Crippen LogP contribution in [0.1, 0.15) is 25.3 Å². The summed E-state index contributed by atoms with van der Waals surface area (Å²) in [7, 11) is 0. The van der Waals surface area contributed by atoms with Crippen LogP contribution < -0.4 is 5.73 Å². The first-order chi connectivity index (χ1) is 6.12. The average molecular weight is 240 g/mol. The minimum atomic E-state index is -0.0699. The Morgan fingerprint density at radius 2 is 2.00 bits per heavy atom. The van der Waals surface area contributed by atoms with Gasteiger partial charge in [0.05, 0.1) is 0 Å². The Bertz CT molecular complexity index is 316. The van der Waals surface area contributed by atoms with Crippen molar-refractivity contribution in [2.45, 2.75) is 25.3 Å². The zero-order valence-electron chi connectivity index (χ0n) is 7.76. The summed E-state index contributed by atoms with van der Waals surface area (Å²) >= 11 is 3.55. The lowest BCUT2D eigenvalue weighted by atomic mass is 9.66. The number of halogens is 1. The Balaban J connectivity index is 2.31. The SMILES string of the molecule is CC1CC(N)(c2ccccc2Br)C1. The van der Waals surface area contributed by atoms with Crippen LogP contribution in [-0.4, -0.2) is 0 Å². The molecular formula is C11H14BrN. The van der Waals surface area contributed by atoms with Gasteiger partial charge in [0.25, 0.3) is 0 Å². The quantitative estimate of drug-likeness (QED) is 0.802. The molecule has 0 unspecified atom stereocenters. The van der Waals surface area contributed by atoms with Gasteiger partial charge >= 0.3 is 0 Å². The Labute approximate surface area is 87.5 Å². The van der Waals surface area contributed by atoms with Gasteiger partial charge in [0, 0.05) is 10.0 Å². The van der Waals surface area contributed by atoms with Crippen molar-refractivity contribution in [1.29, 1.82) is 0 Å². The molecule has 0 aliphatic heterocycles. The van der Waals surface area contributed by atoms with Gasteiger partial charge in [-0.25, -0.2) is 0 Å². The van der Waals surface area contributed by atoms with E-state index < -0.39 is 0 Å². The molecule has 1 nitrogen and oxygen atoms in total. The van der Waals surface area contributed by atoms with Gasteiger partial charge in [-0.05, 0) is 30.4 Å². The maximum absolute atomic E-state index is 6.29. The van der Waals surface area contributed by atoms with Crippen molar-refractivity contribution in [1.82, 2.24) is 0 Å². The van der Waals surface area contributed by atoms with E-state index >= 15 is 0 Å². The highest BCUT2D eigenvalue weighted by Gasteiger charge is 2.40. The first-order valence-electron chi connectivity index (χ1n) is 4.66. The van der Waals surface area contributed by atoms with Crippen molar-refractivity contribution in [3.05, 3.63) is 34.3 Å². The van der Waals surface area contributed by atoms with Crippen molar-refractivity contribution in [2.24, 2.45) is 11.7 Å². The highest BCUT2D eigenvalue weighted by atomic mass is 79.9. The number of rotatable bonds is 1. The van der Waals surface area contributed by atoms with Gasteiger partial charge in [-0.2, -0.15) is 0 Å². The first-order valence-corrected chi connectivity index (χ1v) is 5.45. The molecule has 0 aromatic heterocycles. The molecule has 0 spiro atoms. The standard InChI is InChI=1S/C11H14BrN/c1-8-6-11(13,7-8)9-4-2-3-5-10(9)12/h2-5,8H,6-7,13H2,1H3. The molecule has 70 valence electrons. The summed E-state index contributed by atoms with van der Waals surface area (Å²) in [5.41, 5.74) is 7.47. The molecular weight excluding hydrogens is 226 g/mol. The van der Waals surface area contributed by atoms with E-state index in [4.69, 9.17) is 5.73 Å². The highest BCUT2D eigenvalue weighted by Crippen LogP contribution is 2.45. The van der Waals surface area contributed by atoms with Crippen LogP contribution in [-0.2, 0) is 5.54 Å². The summed E-state index contributed by atoms with van der Waals surface area (Å²) in [5, 5.41) is 0. The minimum Gasteiger partial charge on any atom is -0.321 e. The number of benzene rings is 1. The second-order valence-electron chi connectivity index (χ2n) is 4.15. The molecule has 2 heteroatoms. The minimum absolute atomic E-state index is 0.0699. The van der Waals surface area contributed by atoms with Gasteiger partial charge in [0.2, 0.25) is 0 Å². The van der Waals surface area contributed by atoms with Crippen molar-refractivity contribution in [3.8, 4) is 0 Å². The van der Waals surface area contributed by atoms with Crippen molar-refractivity contribution >= 4 is 15.9 Å². The summed E-state index contributed by atoms with van der Waals surface area (Å²) in [6.45, 7) is 2.25. The Kier molecular flexibility index (Phi) is 2.20. The molecule has 1 fully saturated rings. The van der Waals surface area contributed by atoms with E-state index in [9.17, 15) is 0 Å². The molecule has 13 heavy (non-hydrogen) atoms. The van der Waals surface area contributed by atoms with Crippen LogP contribution in [0.3, 0.4) is 0 Å². The summed E-state index contributed by atoms with van der Waals surface area (Å²) in [6, 6.07) is 8.26. The molecule has 0 atom stereocenters. The van der Waals surface area contributed by atoms with E-state index in [0.29, 0.717) is 0 Å². The van der Waals surface area contributed by atoms with Gasteiger partial charge in [-0.3, -0.25) is 0 Å². The van der Waals surface area contributed by atoms with E-state index in [1.54, 1.807) is 0 Å². The topological polar surface area (TPSA) is 26.0 Å². The maximum Gasteiger partial charge on any atom is 0.0426 e. The second kappa shape index (κ2) is 3.10. The van der Waals surface area contributed by atoms with Crippen LogP contribution in [0.4, 0.5) is 0 Å². The molecule has 0 amide bonds. The molecule has 0 heterocycles. The molecule has 0 saturated heterocycles. The molecule has 1 aromatic carbocycles. The summed E-state index contributed by atoms with van der Waals surface area (Å²) in [6.07, 6.45) is 2.21. The third-order valence-corrected chi connectivity index (χ3v) is 3.53. The normalized spacial score (nSPS) is 32.7. The van der Waals surface area contributed by atoms with Crippen molar-refractivity contribution in [2.75, 3.05) is 0 Å². The Morgan fingerprint density at radius 3 is 2.54 bits per heavy atom. The predicted molar refractivity (Wildman–Crippen MR) is 58.4 cm³/mol. The lowest BCUT2D eigenvalue weighted by Crippen LogP contribution is -2.48. The van der Waals surface area contributed by atoms with Gasteiger partial charge in [-0.1, -0.05) is 41.1 Å². The number of hydrogen-bond acceptors (Lipinski definition) is 1. The molecule has 0 radical (unpaired) electrons. The van der Waals surface area contributed by atoms with Crippen molar-refractivity contribution in [3.63, 3.8) is 0 Å². The van der Waals surface area contributed by atoms with Crippen LogP contribution in [0.25, 0.3) is 0 Å². The van der Waals surface area contributed by atoms with Crippen molar-refractivity contribution < 1.29 is 0 Å². The van der Waals surface area contributed by atoms with Gasteiger partial charge in [0.15, 0.2) is 0 Å². The smallest absolute Gasteiger partial charge is 0.0426 e. The summed E-state index contributed by atoms with van der Waals surface area (Å²) < 4.78 is 1.14. The fourth-order valence-electron chi connectivity index (χ4n) is 2.27. The molecule has 1 aliphatic carbocycles. The second-order valence-corrected chi connectivity index (χ2v) is 5.00. The van der Waals surface area contributed by atoms with Crippen LogP contribution in [0, 0.1) is 5.92 Å². The van der Waals surface area contributed by atoms with Crippen LogP contribution >= 0.6 is 15.9 Å². The lowest BCUT2D eigenvalue weighted by molar-refractivity contribution is 0.163. The Hall–Kier alpha value is -0.340. The maximum atomic E-state index is 6.29. The van der Waals surface area contributed by atoms with E-state index in [1.165, 1.54) is 5.56 Å². The molecule has 0 bridgehead atoms. The zero-order valence-corrected chi connectivity index (χ0v) is 9.34. The monoisotopic (exact) mass is 239 g/mol. The fraction of sp³-hybridized carbons (Fsp3) is 0.455. The van der Waals surface area contributed by atoms with E-state index in [0.717, 1.165) is 23.2 Å². The van der Waals surface area contributed by atoms with Crippen LogP contribution in [0.15, 0.2) is 28.7 Å². The lowest BCUT2D eigenvalue weighted by Gasteiger charge is -2.44. The average Bonchev–Trinajstić information content (AvgIpc) is 2.02. The zero-order chi connectivity index (χ0) is 9.47. The molecule has 1 saturated carbocycles. The van der Waals surface area contributed by atoms with E-state index in [2.05, 4.69) is 41.1 Å². The fourth-order valence-corrected chi connectivity index (χ4v) is 2.95. The molecule has 1 aliphatic rings. The van der Waals surface area contributed by atoms with E-state index in [1.807, 2.05) is 6.07 Å². The van der Waals surface area contributed by atoms with Gasteiger partial charge < -0.3 is 5.73 Å². The molecule has 2 rings (SSSR count). The van der Waals surface area contributed by atoms with Crippen LogP contribution in [0.2, 0.25) is 0 Å². The largest absolute Gasteiger partial charge is 0.321 e. The van der Waals surface area contributed by atoms with Gasteiger partial charge in [-0.15, -0.1) is 0 Å². The third kappa shape index (κ3) is 1.53.